The maximum atomic E-state index is 5.98. The van der Waals surface area contributed by atoms with E-state index in [-0.39, 0.29) is 0 Å². The molecule has 2 aromatic carbocycles. The molecule has 0 fully saturated rings. The zero-order valence-electron chi connectivity index (χ0n) is 9.56. The smallest absolute Gasteiger partial charge is 0.124 e. The fourth-order valence-electron chi connectivity index (χ4n) is 1.81. The number of nitrogens with zero attached hydrogens (tertiary/aromatic N) is 1. The summed E-state index contributed by atoms with van der Waals surface area (Å²) in [7, 11) is 0. The fourth-order valence-corrected chi connectivity index (χ4v) is 3.05. The van der Waals surface area contributed by atoms with Crippen molar-refractivity contribution < 1.29 is 0 Å². The Morgan fingerprint density at radius 2 is 1.89 bits per heavy atom. The number of nitrogens with two attached hydrogens (primary N) is 1. The number of benzene rings is 2. The molecule has 3 rings (SSSR count). The molecular formula is C14H11ClN2S. The zero-order chi connectivity index (χ0) is 12.5. The van der Waals surface area contributed by atoms with E-state index in [4.69, 9.17) is 17.3 Å². The van der Waals surface area contributed by atoms with Gasteiger partial charge in [-0.1, -0.05) is 35.9 Å². The van der Waals surface area contributed by atoms with Crippen LogP contribution in [0.2, 0.25) is 5.02 Å². The molecule has 0 saturated heterocycles. The SMILES string of the molecule is NCc1ccc(-c2nc3ccc(Cl)cc3s2)cc1. The van der Waals surface area contributed by atoms with Gasteiger partial charge in [0.15, 0.2) is 0 Å². The van der Waals surface area contributed by atoms with Crippen LogP contribution in [0.1, 0.15) is 5.56 Å². The van der Waals surface area contributed by atoms with Gasteiger partial charge in [0, 0.05) is 17.1 Å². The number of fused-ring (bicyclic) bond motifs is 1. The molecular weight excluding hydrogens is 264 g/mol. The number of rotatable bonds is 2. The molecule has 3 aromatic rings. The van der Waals surface area contributed by atoms with Gasteiger partial charge in [0.25, 0.3) is 0 Å². The van der Waals surface area contributed by atoms with Gasteiger partial charge in [-0.2, -0.15) is 0 Å². The molecule has 2 N–H and O–H groups in total. The van der Waals surface area contributed by atoms with Crippen molar-refractivity contribution in [2.75, 3.05) is 0 Å². The molecule has 0 aliphatic heterocycles. The van der Waals surface area contributed by atoms with Gasteiger partial charge in [-0.3, -0.25) is 0 Å². The number of hydrogen-bond acceptors (Lipinski definition) is 3. The van der Waals surface area contributed by atoms with E-state index in [0.29, 0.717) is 6.54 Å². The standard InChI is InChI=1S/C14H11ClN2S/c15-11-5-6-12-13(7-11)18-14(17-12)10-3-1-9(8-16)2-4-10/h1-7H,8,16H2. The Bertz CT molecular complexity index is 689. The first kappa shape index (κ1) is 11.7. The van der Waals surface area contributed by atoms with E-state index in [1.165, 1.54) is 0 Å². The summed E-state index contributed by atoms with van der Waals surface area (Å²) in [5.41, 5.74) is 8.82. The first-order valence-electron chi connectivity index (χ1n) is 5.62. The minimum absolute atomic E-state index is 0.565. The molecule has 18 heavy (non-hydrogen) atoms. The molecule has 0 aliphatic rings. The van der Waals surface area contributed by atoms with Crippen LogP contribution in [0.15, 0.2) is 42.5 Å². The van der Waals surface area contributed by atoms with Gasteiger partial charge in [-0.15, -0.1) is 11.3 Å². The van der Waals surface area contributed by atoms with Gasteiger partial charge in [-0.25, -0.2) is 4.98 Å². The predicted octanol–water partition coefficient (Wildman–Crippen LogP) is 4.08. The summed E-state index contributed by atoms with van der Waals surface area (Å²) in [4.78, 5) is 4.61. The van der Waals surface area contributed by atoms with E-state index in [1.807, 2.05) is 30.3 Å². The summed E-state index contributed by atoms with van der Waals surface area (Å²) < 4.78 is 1.11. The third-order valence-corrected chi connectivity index (χ3v) is 4.09. The third-order valence-electron chi connectivity index (χ3n) is 2.79. The van der Waals surface area contributed by atoms with Crippen LogP contribution < -0.4 is 5.73 Å². The van der Waals surface area contributed by atoms with E-state index < -0.39 is 0 Å². The van der Waals surface area contributed by atoms with Crippen LogP contribution in [-0.4, -0.2) is 4.98 Å². The van der Waals surface area contributed by atoms with E-state index in [0.717, 1.165) is 31.4 Å². The molecule has 90 valence electrons. The van der Waals surface area contributed by atoms with Crippen LogP contribution in [-0.2, 0) is 6.54 Å². The molecule has 0 saturated carbocycles. The molecule has 4 heteroatoms. The maximum Gasteiger partial charge on any atom is 0.124 e. The highest BCUT2D eigenvalue weighted by atomic mass is 35.5. The highest BCUT2D eigenvalue weighted by molar-refractivity contribution is 7.21. The molecule has 0 aliphatic carbocycles. The third kappa shape index (κ3) is 2.12. The zero-order valence-corrected chi connectivity index (χ0v) is 11.1. The quantitative estimate of drug-likeness (QED) is 0.765. The summed E-state index contributed by atoms with van der Waals surface area (Å²) in [5, 5.41) is 1.76. The van der Waals surface area contributed by atoms with Crippen LogP contribution in [0.5, 0.6) is 0 Å². The lowest BCUT2D eigenvalue weighted by molar-refractivity contribution is 1.07. The molecule has 1 heterocycles. The van der Waals surface area contributed by atoms with Crippen molar-refractivity contribution in [3.8, 4) is 10.6 Å². The Morgan fingerprint density at radius 3 is 2.61 bits per heavy atom. The van der Waals surface area contributed by atoms with Crippen molar-refractivity contribution in [1.29, 1.82) is 0 Å². The number of aromatic nitrogens is 1. The molecule has 1 aromatic heterocycles. The lowest BCUT2D eigenvalue weighted by atomic mass is 10.1. The Hall–Kier alpha value is -1.42. The topological polar surface area (TPSA) is 38.9 Å². The second-order valence-electron chi connectivity index (χ2n) is 4.03. The van der Waals surface area contributed by atoms with Crippen molar-refractivity contribution in [3.05, 3.63) is 53.1 Å². The molecule has 0 spiro atoms. The van der Waals surface area contributed by atoms with E-state index in [2.05, 4.69) is 17.1 Å². The second kappa shape index (κ2) is 4.69. The Labute approximate surface area is 114 Å². The highest BCUT2D eigenvalue weighted by Gasteiger charge is 2.06. The van der Waals surface area contributed by atoms with Crippen LogP contribution >= 0.6 is 22.9 Å². The monoisotopic (exact) mass is 274 g/mol. The predicted molar refractivity (Wildman–Crippen MR) is 78.0 cm³/mol. The van der Waals surface area contributed by atoms with Crippen LogP contribution in [0.25, 0.3) is 20.8 Å². The van der Waals surface area contributed by atoms with Crippen molar-refractivity contribution in [1.82, 2.24) is 4.98 Å². The normalized spacial score (nSPS) is 11.0. The maximum absolute atomic E-state index is 5.98. The average molecular weight is 275 g/mol. The van der Waals surface area contributed by atoms with Gasteiger partial charge in [0.05, 0.1) is 10.2 Å². The molecule has 0 amide bonds. The minimum Gasteiger partial charge on any atom is -0.326 e. The summed E-state index contributed by atoms with van der Waals surface area (Å²) >= 11 is 7.63. The Morgan fingerprint density at radius 1 is 1.11 bits per heavy atom. The van der Waals surface area contributed by atoms with Gasteiger partial charge >= 0.3 is 0 Å². The van der Waals surface area contributed by atoms with Crippen molar-refractivity contribution in [3.63, 3.8) is 0 Å². The van der Waals surface area contributed by atoms with E-state index in [1.54, 1.807) is 11.3 Å². The largest absolute Gasteiger partial charge is 0.326 e. The summed E-state index contributed by atoms with van der Waals surface area (Å²) in [6, 6.07) is 14.0. The van der Waals surface area contributed by atoms with Gasteiger partial charge in [-0.05, 0) is 23.8 Å². The van der Waals surface area contributed by atoms with E-state index in [9.17, 15) is 0 Å². The first-order chi connectivity index (χ1) is 8.76. The Kier molecular flexibility index (Phi) is 3.04. The first-order valence-corrected chi connectivity index (χ1v) is 6.81. The molecule has 0 radical (unpaired) electrons. The Balaban J connectivity index is 2.07. The van der Waals surface area contributed by atoms with Gasteiger partial charge in [0.1, 0.15) is 5.01 Å². The number of thiazole rings is 1. The van der Waals surface area contributed by atoms with Crippen molar-refractivity contribution in [2.24, 2.45) is 5.73 Å². The van der Waals surface area contributed by atoms with Crippen molar-refractivity contribution >= 4 is 33.2 Å². The summed E-state index contributed by atoms with van der Waals surface area (Å²) in [6.45, 7) is 0.565. The number of halogens is 1. The van der Waals surface area contributed by atoms with Crippen LogP contribution in [0.3, 0.4) is 0 Å². The summed E-state index contributed by atoms with van der Waals surface area (Å²) in [5.74, 6) is 0. The lowest BCUT2D eigenvalue weighted by Gasteiger charge is -1.98. The number of hydrogen-bond donors (Lipinski definition) is 1. The van der Waals surface area contributed by atoms with Crippen molar-refractivity contribution in [2.45, 2.75) is 6.54 Å². The molecule has 2 nitrogen and oxygen atoms in total. The summed E-state index contributed by atoms with van der Waals surface area (Å²) in [6.07, 6.45) is 0. The van der Waals surface area contributed by atoms with E-state index >= 15 is 0 Å². The minimum atomic E-state index is 0.565. The average Bonchev–Trinajstić information content (AvgIpc) is 2.81. The van der Waals surface area contributed by atoms with Gasteiger partial charge in [0.2, 0.25) is 0 Å². The van der Waals surface area contributed by atoms with Crippen LogP contribution in [0.4, 0.5) is 0 Å². The molecule has 0 bridgehead atoms. The molecule has 0 unspecified atom stereocenters. The highest BCUT2D eigenvalue weighted by Crippen LogP contribution is 2.31. The van der Waals surface area contributed by atoms with Crippen LogP contribution in [0, 0.1) is 0 Å². The van der Waals surface area contributed by atoms with Gasteiger partial charge < -0.3 is 5.73 Å². The molecule has 0 atom stereocenters. The second-order valence-corrected chi connectivity index (χ2v) is 5.50. The fraction of sp³-hybridized carbons (Fsp3) is 0.0714. The lowest BCUT2D eigenvalue weighted by Crippen LogP contribution is -1.94.